The van der Waals surface area contributed by atoms with Gasteiger partial charge in [0.15, 0.2) is 5.82 Å². The summed E-state index contributed by atoms with van der Waals surface area (Å²) >= 11 is 0. The van der Waals surface area contributed by atoms with Crippen LogP contribution in [-0.4, -0.2) is 39.2 Å². The summed E-state index contributed by atoms with van der Waals surface area (Å²) in [4.78, 5) is 42.1. The van der Waals surface area contributed by atoms with E-state index in [0.29, 0.717) is 48.7 Å². The fraction of sp³-hybridized carbons (Fsp3) is 0.250. The van der Waals surface area contributed by atoms with Gasteiger partial charge in [-0.2, -0.15) is 0 Å². The van der Waals surface area contributed by atoms with Crippen molar-refractivity contribution in [2.45, 2.75) is 19.3 Å². The Morgan fingerprint density at radius 2 is 2.14 bits per heavy atom. The van der Waals surface area contributed by atoms with Gasteiger partial charge >= 0.3 is 6.09 Å². The van der Waals surface area contributed by atoms with Gasteiger partial charge in [0.05, 0.1) is 12.2 Å². The maximum atomic E-state index is 12.6. The van der Waals surface area contributed by atoms with Crippen LogP contribution in [0, 0.1) is 0 Å². The van der Waals surface area contributed by atoms with Crippen molar-refractivity contribution >= 4 is 11.9 Å². The highest BCUT2D eigenvalue weighted by molar-refractivity contribution is 5.88. The molecule has 0 aliphatic carbocycles. The maximum absolute atomic E-state index is 12.6. The topological polar surface area (TPSA) is 101 Å². The van der Waals surface area contributed by atoms with Gasteiger partial charge in [-0.25, -0.2) is 9.78 Å². The molecular formula is C20H19N5O3. The summed E-state index contributed by atoms with van der Waals surface area (Å²) in [5.41, 5.74) is 1.77. The lowest BCUT2D eigenvalue weighted by atomic mass is 10.1. The normalized spacial score (nSPS) is 13.1. The van der Waals surface area contributed by atoms with Crippen molar-refractivity contribution < 1.29 is 9.53 Å². The third-order valence-corrected chi connectivity index (χ3v) is 4.52. The molecule has 0 atom stereocenters. The fourth-order valence-corrected chi connectivity index (χ4v) is 3.14. The van der Waals surface area contributed by atoms with Gasteiger partial charge < -0.3 is 9.72 Å². The van der Waals surface area contributed by atoms with Crippen molar-refractivity contribution in [3.63, 3.8) is 0 Å². The van der Waals surface area contributed by atoms with Gasteiger partial charge in [0, 0.05) is 31.6 Å². The second-order valence-corrected chi connectivity index (χ2v) is 6.41. The molecule has 0 unspecified atom stereocenters. The molecule has 0 aromatic carbocycles. The minimum absolute atomic E-state index is 0.229. The van der Waals surface area contributed by atoms with E-state index >= 15 is 0 Å². The Balaban J connectivity index is 1.54. The summed E-state index contributed by atoms with van der Waals surface area (Å²) in [5, 5.41) is 0. The Bertz CT molecular complexity index is 1020. The number of nitrogens with zero attached hydrogens (tertiary/aromatic N) is 4. The smallest absolute Gasteiger partial charge is 0.415 e. The maximum Gasteiger partial charge on any atom is 0.415 e. The standard InChI is InChI=1S/C20H19N5O3/c26-19-15-6-4-11-25(20(27)28-12-8-14-5-3-9-21-13-14)18(15)23-17(24-19)16-7-1-2-10-22-16/h1-3,5,7,9-10,13H,4,6,8,11-12H2,(H,23,24,26). The Labute approximate surface area is 161 Å². The minimum atomic E-state index is -0.505. The molecule has 0 spiro atoms. The zero-order valence-electron chi connectivity index (χ0n) is 15.2. The Hall–Kier alpha value is -3.55. The van der Waals surface area contributed by atoms with Gasteiger partial charge in [0.1, 0.15) is 11.5 Å². The zero-order chi connectivity index (χ0) is 19.3. The molecule has 8 nitrogen and oxygen atoms in total. The van der Waals surface area contributed by atoms with Crippen molar-refractivity contribution in [3.05, 3.63) is 70.4 Å². The van der Waals surface area contributed by atoms with Crippen LogP contribution in [0.3, 0.4) is 0 Å². The zero-order valence-corrected chi connectivity index (χ0v) is 15.2. The molecule has 3 aromatic rings. The molecule has 0 fully saturated rings. The number of hydrogen-bond donors (Lipinski definition) is 1. The fourth-order valence-electron chi connectivity index (χ4n) is 3.14. The van der Waals surface area contributed by atoms with E-state index in [-0.39, 0.29) is 12.2 Å². The van der Waals surface area contributed by atoms with Crippen LogP contribution in [0.1, 0.15) is 17.5 Å². The lowest BCUT2D eigenvalue weighted by Crippen LogP contribution is -2.39. The summed E-state index contributed by atoms with van der Waals surface area (Å²) in [7, 11) is 0. The average Bonchev–Trinajstić information content (AvgIpc) is 2.74. The van der Waals surface area contributed by atoms with Crippen LogP contribution in [0.5, 0.6) is 0 Å². The number of anilines is 1. The molecular weight excluding hydrogens is 358 g/mol. The summed E-state index contributed by atoms with van der Waals surface area (Å²) in [5.74, 6) is 0.682. The molecule has 0 bridgehead atoms. The SMILES string of the molecule is O=C(OCCc1cccnc1)N1CCCc2c1nc(-c1ccccn1)[nH]c2=O. The number of amides is 1. The second-order valence-electron chi connectivity index (χ2n) is 6.41. The predicted molar refractivity (Wildman–Crippen MR) is 103 cm³/mol. The molecule has 0 radical (unpaired) electrons. The summed E-state index contributed by atoms with van der Waals surface area (Å²) in [6.07, 6.45) is 6.38. The number of carbonyl (C=O) groups excluding carboxylic acids is 1. The van der Waals surface area contributed by atoms with Gasteiger partial charge in [-0.3, -0.25) is 19.7 Å². The summed E-state index contributed by atoms with van der Waals surface area (Å²) in [6.45, 7) is 0.684. The quantitative estimate of drug-likeness (QED) is 0.749. The minimum Gasteiger partial charge on any atom is -0.449 e. The van der Waals surface area contributed by atoms with E-state index in [2.05, 4.69) is 19.9 Å². The first-order chi connectivity index (χ1) is 13.7. The van der Waals surface area contributed by atoms with Gasteiger partial charge in [0.25, 0.3) is 5.56 Å². The van der Waals surface area contributed by atoms with Crippen molar-refractivity contribution in [2.24, 2.45) is 0 Å². The number of aromatic nitrogens is 4. The first-order valence-corrected chi connectivity index (χ1v) is 9.10. The van der Waals surface area contributed by atoms with E-state index in [1.54, 1.807) is 30.7 Å². The van der Waals surface area contributed by atoms with Crippen molar-refractivity contribution in [3.8, 4) is 11.5 Å². The molecule has 142 valence electrons. The highest BCUT2D eigenvalue weighted by Crippen LogP contribution is 2.24. The van der Waals surface area contributed by atoms with Crippen LogP contribution in [-0.2, 0) is 17.6 Å². The molecule has 4 heterocycles. The number of nitrogens with one attached hydrogen (secondary N) is 1. The van der Waals surface area contributed by atoms with Crippen LogP contribution in [0.25, 0.3) is 11.5 Å². The Kier molecular flexibility index (Phi) is 5.09. The van der Waals surface area contributed by atoms with Gasteiger partial charge in [-0.05, 0) is 36.6 Å². The van der Waals surface area contributed by atoms with Crippen LogP contribution in [0.4, 0.5) is 10.6 Å². The molecule has 8 heteroatoms. The van der Waals surface area contributed by atoms with E-state index in [0.717, 1.165) is 5.56 Å². The molecule has 1 N–H and O–H groups in total. The third-order valence-electron chi connectivity index (χ3n) is 4.52. The largest absolute Gasteiger partial charge is 0.449 e. The molecule has 0 saturated carbocycles. The lowest BCUT2D eigenvalue weighted by molar-refractivity contribution is 0.154. The number of H-pyrrole nitrogens is 1. The number of pyridine rings is 2. The van der Waals surface area contributed by atoms with E-state index in [1.165, 1.54) is 4.90 Å². The molecule has 28 heavy (non-hydrogen) atoms. The molecule has 3 aromatic heterocycles. The molecule has 4 rings (SSSR count). The van der Waals surface area contributed by atoms with Crippen LogP contribution >= 0.6 is 0 Å². The Morgan fingerprint density at radius 3 is 2.93 bits per heavy atom. The predicted octanol–water partition coefficient (Wildman–Crippen LogP) is 2.36. The number of aromatic amines is 1. The van der Waals surface area contributed by atoms with Gasteiger partial charge in [-0.15, -0.1) is 0 Å². The first-order valence-electron chi connectivity index (χ1n) is 9.10. The van der Waals surface area contributed by atoms with E-state index < -0.39 is 6.09 Å². The highest BCUT2D eigenvalue weighted by Gasteiger charge is 2.28. The molecule has 0 saturated heterocycles. The number of ether oxygens (including phenoxy) is 1. The van der Waals surface area contributed by atoms with Gasteiger partial charge in [-0.1, -0.05) is 12.1 Å². The van der Waals surface area contributed by atoms with Crippen molar-refractivity contribution in [1.82, 2.24) is 19.9 Å². The van der Waals surface area contributed by atoms with Crippen LogP contribution < -0.4 is 10.5 Å². The number of hydrogen-bond acceptors (Lipinski definition) is 6. The molecule has 1 aliphatic rings. The summed E-state index contributed by atoms with van der Waals surface area (Å²) in [6, 6.07) is 9.12. The van der Waals surface area contributed by atoms with Crippen molar-refractivity contribution in [1.29, 1.82) is 0 Å². The first kappa shape index (κ1) is 17.8. The molecule has 1 amide bonds. The highest BCUT2D eigenvalue weighted by atomic mass is 16.6. The average molecular weight is 377 g/mol. The van der Waals surface area contributed by atoms with E-state index in [1.807, 2.05) is 18.2 Å². The lowest BCUT2D eigenvalue weighted by Gasteiger charge is -2.27. The van der Waals surface area contributed by atoms with Crippen LogP contribution in [0.15, 0.2) is 53.7 Å². The van der Waals surface area contributed by atoms with E-state index in [4.69, 9.17) is 4.74 Å². The van der Waals surface area contributed by atoms with E-state index in [9.17, 15) is 9.59 Å². The Morgan fingerprint density at radius 1 is 1.21 bits per heavy atom. The number of carbonyl (C=O) groups is 1. The van der Waals surface area contributed by atoms with Crippen molar-refractivity contribution in [2.75, 3.05) is 18.1 Å². The number of fused-ring (bicyclic) bond motifs is 1. The summed E-state index contributed by atoms with van der Waals surface area (Å²) < 4.78 is 5.42. The monoisotopic (exact) mass is 377 g/mol. The molecule has 1 aliphatic heterocycles. The van der Waals surface area contributed by atoms with Crippen LogP contribution in [0.2, 0.25) is 0 Å². The van der Waals surface area contributed by atoms with Gasteiger partial charge in [0.2, 0.25) is 0 Å². The second kappa shape index (κ2) is 7.99. The third kappa shape index (κ3) is 3.75. The number of rotatable bonds is 4.